The molecule has 0 spiro atoms. The second-order valence-electron chi connectivity index (χ2n) is 6.95. The molecule has 0 unspecified atom stereocenters. The Kier molecular flexibility index (Phi) is 5.25. The normalized spacial score (nSPS) is 16.1. The summed E-state index contributed by atoms with van der Waals surface area (Å²) >= 11 is 0. The van der Waals surface area contributed by atoms with Crippen LogP contribution in [-0.2, 0) is 10.0 Å². The summed E-state index contributed by atoms with van der Waals surface area (Å²) in [7, 11) is -3.97. The minimum atomic E-state index is -3.97. The minimum Gasteiger partial charge on any atom is -0.478 e. The van der Waals surface area contributed by atoms with Gasteiger partial charge in [-0.25, -0.2) is 13.2 Å². The van der Waals surface area contributed by atoms with Crippen LogP contribution < -0.4 is 4.90 Å². The van der Waals surface area contributed by atoms with Gasteiger partial charge in [0.1, 0.15) is 5.56 Å². The molecule has 1 saturated heterocycles. The molecule has 0 saturated carbocycles. The van der Waals surface area contributed by atoms with E-state index in [9.17, 15) is 18.3 Å². The van der Waals surface area contributed by atoms with E-state index in [1.807, 2.05) is 45.0 Å². The zero-order valence-corrected chi connectivity index (χ0v) is 16.5. The number of carbonyl (C=O) groups is 1. The number of aromatic nitrogens is 2. The smallest absolute Gasteiger partial charge is 0.340 e. The lowest BCUT2D eigenvalue weighted by atomic mass is 10.2. The van der Waals surface area contributed by atoms with Crippen molar-refractivity contribution in [2.45, 2.75) is 31.8 Å². The number of rotatable bonds is 5. The van der Waals surface area contributed by atoms with E-state index in [0.29, 0.717) is 13.1 Å². The average molecular weight is 392 g/mol. The summed E-state index contributed by atoms with van der Waals surface area (Å²) in [5.41, 5.74) is 1.93. The van der Waals surface area contributed by atoms with Crippen molar-refractivity contribution in [2.75, 3.05) is 31.1 Å². The first kappa shape index (κ1) is 19.4. The van der Waals surface area contributed by atoms with Gasteiger partial charge in [-0.3, -0.25) is 4.68 Å². The molecule has 1 aliphatic rings. The van der Waals surface area contributed by atoms with Crippen LogP contribution in [0.2, 0.25) is 0 Å². The number of anilines is 1. The Morgan fingerprint density at radius 2 is 1.70 bits per heavy atom. The van der Waals surface area contributed by atoms with Gasteiger partial charge >= 0.3 is 5.97 Å². The number of benzene rings is 1. The molecule has 1 N–H and O–H groups in total. The van der Waals surface area contributed by atoms with Crippen LogP contribution in [0.4, 0.5) is 5.69 Å². The highest BCUT2D eigenvalue weighted by Gasteiger charge is 2.35. The van der Waals surface area contributed by atoms with Gasteiger partial charge < -0.3 is 10.0 Å². The molecule has 146 valence electrons. The van der Waals surface area contributed by atoms with Crippen molar-refractivity contribution >= 4 is 21.7 Å². The first-order valence-electron chi connectivity index (χ1n) is 8.84. The van der Waals surface area contributed by atoms with Crippen LogP contribution in [0.15, 0.2) is 35.5 Å². The van der Waals surface area contributed by atoms with Gasteiger partial charge in [-0.15, -0.1) is 0 Å². The third-order valence-corrected chi connectivity index (χ3v) is 6.51. The number of carboxylic acid groups (broad SMARTS) is 1. The number of aromatic carboxylic acids is 1. The van der Waals surface area contributed by atoms with E-state index in [2.05, 4.69) is 10.00 Å². The highest BCUT2D eigenvalue weighted by atomic mass is 32.2. The van der Waals surface area contributed by atoms with E-state index in [0.717, 1.165) is 5.69 Å². The molecule has 1 aromatic carbocycles. The van der Waals surface area contributed by atoms with Gasteiger partial charge in [0.05, 0.1) is 0 Å². The number of carboxylic acids is 1. The lowest BCUT2D eigenvalue weighted by Gasteiger charge is -2.35. The van der Waals surface area contributed by atoms with Crippen LogP contribution in [0.25, 0.3) is 0 Å². The Hall–Kier alpha value is -2.39. The molecule has 0 aliphatic carbocycles. The van der Waals surface area contributed by atoms with Crippen LogP contribution in [-0.4, -0.2) is 59.8 Å². The molecule has 2 aromatic rings. The third-order valence-electron chi connectivity index (χ3n) is 4.68. The maximum absolute atomic E-state index is 13.0. The van der Waals surface area contributed by atoms with Crippen molar-refractivity contribution in [3.63, 3.8) is 0 Å². The Balaban J connectivity index is 1.81. The van der Waals surface area contributed by atoms with Gasteiger partial charge in [0, 0.05) is 44.1 Å². The second kappa shape index (κ2) is 7.32. The first-order chi connectivity index (χ1) is 12.7. The Bertz CT molecular complexity index is 927. The van der Waals surface area contributed by atoms with Crippen molar-refractivity contribution in [2.24, 2.45) is 0 Å². The topological polar surface area (TPSA) is 95.7 Å². The maximum atomic E-state index is 13.0. The number of piperazine rings is 1. The van der Waals surface area contributed by atoms with Crippen molar-refractivity contribution in [1.29, 1.82) is 0 Å². The maximum Gasteiger partial charge on any atom is 0.340 e. The van der Waals surface area contributed by atoms with E-state index in [1.165, 1.54) is 20.7 Å². The number of sulfonamides is 1. The summed E-state index contributed by atoms with van der Waals surface area (Å²) in [6.07, 6.45) is 1.28. The summed E-state index contributed by atoms with van der Waals surface area (Å²) in [5.74, 6) is -1.29. The number of nitrogens with zero attached hydrogens (tertiary/aromatic N) is 4. The molecule has 1 aliphatic heterocycles. The number of hydrogen-bond acceptors (Lipinski definition) is 5. The fraction of sp³-hybridized carbons (Fsp3) is 0.444. The summed E-state index contributed by atoms with van der Waals surface area (Å²) in [4.78, 5) is 13.6. The summed E-state index contributed by atoms with van der Waals surface area (Å²) in [5, 5.41) is 13.1. The predicted molar refractivity (Wildman–Crippen MR) is 102 cm³/mol. The lowest BCUT2D eigenvalue weighted by Crippen LogP contribution is -2.49. The van der Waals surface area contributed by atoms with Gasteiger partial charge in [-0.05, 0) is 32.9 Å². The van der Waals surface area contributed by atoms with E-state index in [4.69, 9.17) is 0 Å². The Labute approximate surface area is 159 Å². The molecule has 0 atom stereocenters. The SMILES string of the molecule is Cc1ccc(N2CCN(S(=O)(=O)c3nn(C(C)C)cc3C(=O)O)CC2)cc1. The number of hydrogen-bond donors (Lipinski definition) is 1. The van der Waals surface area contributed by atoms with Crippen molar-refractivity contribution in [3.8, 4) is 0 Å². The molecule has 1 aromatic heterocycles. The summed E-state index contributed by atoms with van der Waals surface area (Å²) in [6.45, 7) is 7.29. The number of aryl methyl sites for hydroxylation is 1. The molecule has 27 heavy (non-hydrogen) atoms. The largest absolute Gasteiger partial charge is 0.478 e. The Morgan fingerprint density at radius 1 is 1.11 bits per heavy atom. The molecule has 3 rings (SSSR count). The fourth-order valence-corrected chi connectivity index (χ4v) is 4.55. The molecular formula is C18H24N4O4S. The zero-order valence-electron chi connectivity index (χ0n) is 15.7. The molecule has 1 fully saturated rings. The molecule has 2 heterocycles. The van der Waals surface area contributed by atoms with E-state index < -0.39 is 16.0 Å². The van der Waals surface area contributed by atoms with Crippen LogP contribution in [0.1, 0.15) is 35.8 Å². The molecule has 0 amide bonds. The highest BCUT2D eigenvalue weighted by Crippen LogP contribution is 2.24. The summed E-state index contributed by atoms with van der Waals surface area (Å²) in [6, 6.07) is 7.95. The van der Waals surface area contributed by atoms with Gasteiger partial charge in [-0.2, -0.15) is 9.40 Å². The minimum absolute atomic E-state index is 0.134. The molecule has 0 radical (unpaired) electrons. The van der Waals surface area contributed by atoms with E-state index in [-0.39, 0.29) is 29.7 Å². The lowest BCUT2D eigenvalue weighted by molar-refractivity contribution is 0.0692. The predicted octanol–water partition coefficient (Wildman–Crippen LogP) is 1.98. The highest BCUT2D eigenvalue weighted by molar-refractivity contribution is 7.89. The van der Waals surface area contributed by atoms with E-state index >= 15 is 0 Å². The van der Waals surface area contributed by atoms with Gasteiger partial charge in [-0.1, -0.05) is 17.7 Å². The van der Waals surface area contributed by atoms with Crippen molar-refractivity contribution in [1.82, 2.24) is 14.1 Å². The van der Waals surface area contributed by atoms with Crippen molar-refractivity contribution in [3.05, 3.63) is 41.6 Å². The molecule has 0 bridgehead atoms. The van der Waals surface area contributed by atoms with Crippen LogP contribution in [0, 0.1) is 6.92 Å². The zero-order chi connectivity index (χ0) is 19.8. The van der Waals surface area contributed by atoms with Gasteiger partial charge in [0.2, 0.25) is 5.03 Å². The van der Waals surface area contributed by atoms with Crippen LogP contribution in [0.5, 0.6) is 0 Å². The van der Waals surface area contributed by atoms with Crippen LogP contribution >= 0.6 is 0 Å². The van der Waals surface area contributed by atoms with Gasteiger partial charge in [0.15, 0.2) is 0 Å². The molecule has 9 heteroatoms. The monoisotopic (exact) mass is 392 g/mol. The standard InChI is InChI=1S/C18H24N4O4S/c1-13(2)22-12-16(18(23)24)17(19-22)27(25,26)21-10-8-20(9-11-21)15-6-4-14(3)5-7-15/h4-7,12-13H,8-11H2,1-3H3,(H,23,24). The quantitative estimate of drug-likeness (QED) is 0.836. The van der Waals surface area contributed by atoms with Crippen molar-refractivity contribution < 1.29 is 18.3 Å². The molecular weight excluding hydrogens is 368 g/mol. The third kappa shape index (κ3) is 3.84. The summed E-state index contributed by atoms with van der Waals surface area (Å²) < 4.78 is 28.7. The van der Waals surface area contributed by atoms with Gasteiger partial charge in [0.25, 0.3) is 10.0 Å². The first-order valence-corrected chi connectivity index (χ1v) is 10.3. The Morgan fingerprint density at radius 3 is 2.22 bits per heavy atom. The average Bonchev–Trinajstić information content (AvgIpc) is 3.09. The van der Waals surface area contributed by atoms with E-state index in [1.54, 1.807) is 0 Å². The second-order valence-corrected chi connectivity index (χ2v) is 8.81. The fourth-order valence-electron chi connectivity index (χ4n) is 3.04. The molecule has 8 nitrogen and oxygen atoms in total. The van der Waals surface area contributed by atoms with Crippen LogP contribution in [0.3, 0.4) is 0 Å².